The first kappa shape index (κ1) is 9.72. The highest BCUT2D eigenvalue weighted by Crippen LogP contribution is 1.91. The van der Waals surface area contributed by atoms with Crippen molar-refractivity contribution in [2.45, 2.75) is 26.7 Å². The van der Waals surface area contributed by atoms with Crippen molar-refractivity contribution in [2.75, 3.05) is 0 Å². The largest absolute Gasteiger partial charge is 0.399 e. The molecule has 0 aromatic carbocycles. The van der Waals surface area contributed by atoms with Crippen LogP contribution >= 0.6 is 0 Å². The van der Waals surface area contributed by atoms with E-state index in [-0.39, 0.29) is 12.1 Å². The van der Waals surface area contributed by atoms with E-state index >= 15 is 0 Å². The minimum absolute atomic E-state index is 0.249. The van der Waals surface area contributed by atoms with Crippen molar-refractivity contribution in [1.29, 1.82) is 0 Å². The zero-order chi connectivity index (χ0) is 8.85. The Morgan fingerprint density at radius 3 is 2.27 bits per heavy atom. The Kier molecular flexibility index (Phi) is 4.00. The number of carbonyl (C=O) groups is 2. The second kappa shape index (κ2) is 4.52. The molecule has 0 unspecified atom stereocenters. The van der Waals surface area contributed by atoms with Gasteiger partial charge in [0, 0.05) is 13.3 Å². The molecule has 60 valence electrons. The van der Waals surface area contributed by atoms with Crippen molar-refractivity contribution in [2.24, 2.45) is 0 Å². The van der Waals surface area contributed by atoms with Crippen LogP contribution in [0, 0.1) is 0 Å². The van der Waals surface area contributed by atoms with Gasteiger partial charge in [0.2, 0.25) is 11.6 Å². The Morgan fingerprint density at radius 2 is 2.00 bits per heavy atom. The number of ketones is 2. The maximum Gasteiger partial charge on any atom is 0.399 e. The summed E-state index contributed by atoms with van der Waals surface area (Å²) in [5.41, 5.74) is 7.89. The number of hydrogen-bond acceptors (Lipinski definition) is 2. The van der Waals surface area contributed by atoms with Crippen LogP contribution in [0.1, 0.15) is 26.7 Å². The Labute approximate surface area is 64.8 Å². The average molecular weight is 154 g/mol. The highest BCUT2D eigenvalue weighted by atomic mass is 16.1. The average Bonchev–Trinajstić information content (AvgIpc) is 1.88. The van der Waals surface area contributed by atoms with Gasteiger partial charge >= 0.3 is 5.71 Å². The lowest BCUT2D eigenvalue weighted by Gasteiger charge is -1.87. The lowest BCUT2D eigenvalue weighted by molar-refractivity contribution is -0.123. The normalized spacial score (nSPS) is 8.55. The third kappa shape index (κ3) is 2.87. The van der Waals surface area contributed by atoms with Gasteiger partial charge in [0.15, 0.2) is 0 Å². The fraction of sp³-hybridized carbons (Fsp3) is 0.571. The van der Waals surface area contributed by atoms with E-state index in [0.29, 0.717) is 6.42 Å². The molecular weight excluding hydrogens is 144 g/mol. The second-order valence-corrected chi connectivity index (χ2v) is 2.18. The van der Waals surface area contributed by atoms with Gasteiger partial charge in [0.05, 0.1) is 0 Å². The fourth-order valence-electron chi connectivity index (χ4n) is 0.668. The van der Waals surface area contributed by atoms with E-state index in [0.717, 1.165) is 0 Å². The molecule has 0 spiro atoms. The predicted octanol–water partition coefficient (Wildman–Crippen LogP) is 0.615. The minimum atomic E-state index is -0.494. The Balaban J connectivity index is 4.42. The van der Waals surface area contributed by atoms with Gasteiger partial charge in [-0.15, -0.1) is 0 Å². The lowest BCUT2D eigenvalue weighted by atomic mass is 10.1. The van der Waals surface area contributed by atoms with Gasteiger partial charge in [-0.1, -0.05) is 6.92 Å². The Morgan fingerprint density at radius 1 is 1.45 bits per heavy atom. The van der Waals surface area contributed by atoms with Crippen LogP contribution in [0.3, 0.4) is 0 Å². The zero-order valence-electron chi connectivity index (χ0n) is 6.63. The van der Waals surface area contributed by atoms with E-state index in [1.54, 1.807) is 0 Å². The first-order valence-corrected chi connectivity index (χ1v) is 3.39. The minimum Gasteiger partial charge on any atom is -0.360 e. The van der Waals surface area contributed by atoms with E-state index in [1.165, 1.54) is 6.92 Å². The quantitative estimate of drug-likeness (QED) is 0.257. The van der Waals surface area contributed by atoms with Crippen molar-refractivity contribution >= 4 is 17.3 Å². The summed E-state index contributed by atoms with van der Waals surface area (Å²) >= 11 is 0. The van der Waals surface area contributed by atoms with Crippen LogP contribution in [0.5, 0.6) is 0 Å². The van der Waals surface area contributed by atoms with E-state index < -0.39 is 11.6 Å². The predicted molar refractivity (Wildman–Crippen MR) is 39.2 cm³/mol. The fourth-order valence-corrected chi connectivity index (χ4v) is 0.668. The maximum atomic E-state index is 10.9. The molecule has 0 aromatic rings. The van der Waals surface area contributed by atoms with Crippen LogP contribution in [0.25, 0.3) is 5.53 Å². The monoisotopic (exact) mass is 154 g/mol. The van der Waals surface area contributed by atoms with Gasteiger partial charge in [0.1, 0.15) is 0 Å². The summed E-state index contributed by atoms with van der Waals surface area (Å²) < 4.78 is 0. The maximum absolute atomic E-state index is 10.9. The molecule has 0 aliphatic heterocycles. The summed E-state index contributed by atoms with van der Waals surface area (Å²) in [5.74, 6) is -0.895. The molecule has 0 N–H and O–H groups in total. The number of nitrogens with zero attached hydrogens (tertiary/aromatic N) is 2. The van der Waals surface area contributed by atoms with Gasteiger partial charge in [0.25, 0.3) is 0 Å². The molecule has 0 rings (SSSR count). The van der Waals surface area contributed by atoms with Crippen LogP contribution in [0.15, 0.2) is 0 Å². The highest BCUT2D eigenvalue weighted by molar-refractivity contribution is 6.63. The molecule has 0 saturated carbocycles. The molecule has 0 bridgehead atoms. The van der Waals surface area contributed by atoms with Crippen LogP contribution in [-0.4, -0.2) is 22.1 Å². The topological polar surface area (TPSA) is 70.5 Å². The Hall–Kier alpha value is -1.28. The molecule has 0 fully saturated rings. The lowest BCUT2D eigenvalue weighted by Crippen LogP contribution is -2.22. The molecule has 0 heterocycles. The Bertz CT molecular complexity index is 227. The molecule has 4 heteroatoms. The van der Waals surface area contributed by atoms with Gasteiger partial charge < -0.3 is 5.53 Å². The molecule has 0 saturated heterocycles. The number of Topliss-reactive ketones (excluding diaryl/α,β-unsaturated/α-hetero) is 2. The second-order valence-electron chi connectivity index (χ2n) is 2.18. The summed E-state index contributed by atoms with van der Waals surface area (Å²) in [6.45, 7) is 3.01. The molecule has 0 aromatic heterocycles. The third-order valence-corrected chi connectivity index (χ3v) is 1.17. The summed E-state index contributed by atoms with van der Waals surface area (Å²) in [6.07, 6.45) is 0.893. The van der Waals surface area contributed by atoms with E-state index in [1.807, 2.05) is 6.92 Å². The van der Waals surface area contributed by atoms with Gasteiger partial charge in [-0.2, -0.15) is 4.79 Å². The van der Waals surface area contributed by atoms with E-state index in [4.69, 9.17) is 5.53 Å². The van der Waals surface area contributed by atoms with Crippen LogP contribution in [0.4, 0.5) is 0 Å². The van der Waals surface area contributed by atoms with Gasteiger partial charge in [-0.25, -0.2) is 0 Å². The van der Waals surface area contributed by atoms with E-state index in [9.17, 15) is 9.59 Å². The molecule has 0 amide bonds. The van der Waals surface area contributed by atoms with Gasteiger partial charge in [-0.3, -0.25) is 9.59 Å². The smallest absolute Gasteiger partial charge is 0.360 e. The molecule has 11 heavy (non-hydrogen) atoms. The number of rotatable bonds is 4. The van der Waals surface area contributed by atoms with Crippen molar-refractivity contribution in [3.05, 3.63) is 5.53 Å². The first-order chi connectivity index (χ1) is 5.13. The van der Waals surface area contributed by atoms with E-state index in [2.05, 4.69) is 4.79 Å². The number of carbonyl (C=O) groups excluding carboxylic acids is 2. The summed E-state index contributed by atoms with van der Waals surface area (Å²) in [7, 11) is 0. The SMILES string of the molecule is CCCC(=O)C(=[N+]=[N-])C(C)=O. The molecule has 0 radical (unpaired) electrons. The highest BCUT2D eigenvalue weighted by Gasteiger charge is 2.23. The van der Waals surface area contributed by atoms with Crippen molar-refractivity contribution in [1.82, 2.24) is 0 Å². The summed E-state index contributed by atoms with van der Waals surface area (Å²) in [6, 6.07) is 0. The molecule has 0 atom stereocenters. The van der Waals surface area contributed by atoms with Crippen LogP contribution in [-0.2, 0) is 9.59 Å². The third-order valence-electron chi connectivity index (χ3n) is 1.17. The molecule has 0 aliphatic rings. The van der Waals surface area contributed by atoms with Crippen LogP contribution < -0.4 is 0 Å². The molecule has 4 nitrogen and oxygen atoms in total. The van der Waals surface area contributed by atoms with Gasteiger partial charge in [-0.05, 0) is 6.42 Å². The summed E-state index contributed by atoms with van der Waals surface area (Å²) in [5, 5.41) is 0. The standard InChI is InChI=1S/C7H10N2O2/c1-3-4-6(11)7(9-8)5(2)10/h3-4H2,1-2H3. The van der Waals surface area contributed by atoms with Crippen molar-refractivity contribution in [3.63, 3.8) is 0 Å². The molecule has 0 aliphatic carbocycles. The van der Waals surface area contributed by atoms with Crippen molar-refractivity contribution in [3.8, 4) is 0 Å². The number of hydrogen-bond donors (Lipinski definition) is 0. The van der Waals surface area contributed by atoms with Crippen molar-refractivity contribution < 1.29 is 14.4 Å². The zero-order valence-corrected chi connectivity index (χ0v) is 6.63. The first-order valence-electron chi connectivity index (χ1n) is 3.39. The van der Waals surface area contributed by atoms with Crippen LogP contribution in [0.2, 0.25) is 0 Å². The molecular formula is C7H10N2O2. The summed E-state index contributed by atoms with van der Waals surface area (Å²) in [4.78, 5) is 24.1.